The van der Waals surface area contributed by atoms with Crippen LogP contribution >= 0.6 is 0 Å². The lowest BCUT2D eigenvalue weighted by atomic mass is 9.95. The molecule has 4 rings (SSSR count). The number of nitrogens with one attached hydrogen (secondary N) is 2. The molecule has 0 spiro atoms. The van der Waals surface area contributed by atoms with Crippen LogP contribution in [0.5, 0.6) is 5.75 Å². The molecule has 0 amide bonds. The Balaban J connectivity index is 1.68. The third kappa shape index (κ3) is 4.57. The molecule has 0 fully saturated rings. The number of halogens is 1. The van der Waals surface area contributed by atoms with Crippen LogP contribution < -0.4 is 10.1 Å². The number of aromatic nitrogens is 2. The first-order valence-corrected chi connectivity index (χ1v) is 9.85. The highest BCUT2D eigenvalue weighted by Crippen LogP contribution is 2.29. The third-order valence-electron chi connectivity index (χ3n) is 4.85. The summed E-state index contributed by atoms with van der Waals surface area (Å²) < 4.78 is 24.2. The molecule has 0 unspecified atom stereocenters. The normalized spacial score (nSPS) is 14.6. The van der Waals surface area contributed by atoms with Crippen LogP contribution in [0.2, 0.25) is 0 Å². The van der Waals surface area contributed by atoms with Gasteiger partial charge in [-0.2, -0.15) is 0 Å². The lowest BCUT2D eigenvalue weighted by molar-refractivity contribution is 0.369. The minimum absolute atomic E-state index is 0.290. The van der Waals surface area contributed by atoms with Crippen LogP contribution in [0.1, 0.15) is 11.3 Å². The van der Waals surface area contributed by atoms with Crippen LogP contribution in [0.15, 0.2) is 84.6 Å². The first kappa shape index (κ1) is 21.0. The molecule has 160 valence electrons. The summed E-state index contributed by atoms with van der Waals surface area (Å²) in [5.41, 5.74) is 3.83. The fourth-order valence-corrected chi connectivity index (χ4v) is 3.29. The van der Waals surface area contributed by atoms with Gasteiger partial charge in [0.1, 0.15) is 17.3 Å². The van der Waals surface area contributed by atoms with Gasteiger partial charge in [-0.05, 0) is 54.6 Å². The molecule has 1 heterocycles. The highest BCUT2D eigenvalue weighted by Gasteiger charge is 2.17. The zero-order chi connectivity index (χ0) is 22.5. The summed E-state index contributed by atoms with van der Waals surface area (Å²) in [6.07, 6.45) is 7.01. The summed E-state index contributed by atoms with van der Waals surface area (Å²) in [5, 5.41) is 11.5. The van der Waals surface area contributed by atoms with E-state index >= 15 is 0 Å². The van der Waals surface area contributed by atoms with E-state index in [9.17, 15) is 4.39 Å². The Kier molecular flexibility index (Phi) is 6.07. The van der Waals surface area contributed by atoms with Crippen molar-refractivity contribution >= 4 is 28.7 Å². The van der Waals surface area contributed by atoms with Gasteiger partial charge in [0.25, 0.3) is 0 Å². The van der Waals surface area contributed by atoms with Gasteiger partial charge in [-0.15, -0.1) is 0 Å². The number of benzene rings is 2. The van der Waals surface area contributed by atoms with Gasteiger partial charge in [0.05, 0.1) is 25.6 Å². The van der Waals surface area contributed by atoms with E-state index in [1.54, 1.807) is 37.6 Å². The van der Waals surface area contributed by atoms with Crippen LogP contribution in [-0.4, -0.2) is 29.9 Å². The standard InChI is InChI=1S/C25H21FN4O2/c1-31-20-5-3-4-19(15-20)29-25-28-13-12-23(30-25)17-8-11-22(27)21(14-17)24(32-2)16-6-9-18(26)10-7-16/h3-15,27H,1-2H3,(H,28,29,30)/b24-21-,27-22?. The summed E-state index contributed by atoms with van der Waals surface area (Å²) >= 11 is 0. The van der Waals surface area contributed by atoms with Crippen molar-refractivity contribution in [3.8, 4) is 5.75 Å². The third-order valence-corrected chi connectivity index (χ3v) is 4.85. The molecule has 0 atom stereocenters. The zero-order valence-corrected chi connectivity index (χ0v) is 17.6. The van der Waals surface area contributed by atoms with Crippen molar-refractivity contribution in [2.24, 2.45) is 0 Å². The van der Waals surface area contributed by atoms with Gasteiger partial charge in [-0.25, -0.2) is 14.4 Å². The smallest absolute Gasteiger partial charge is 0.227 e. The molecule has 1 aliphatic carbocycles. The number of hydrogen-bond acceptors (Lipinski definition) is 6. The maximum absolute atomic E-state index is 13.3. The van der Waals surface area contributed by atoms with Crippen molar-refractivity contribution in [3.05, 3.63) is 102 Å². The fourth-order valence-electron chi connectivity index (χ4n) is 3.29. The maximum Gasteiger partial charge on any atom is 0.227 e. The molecule has 7 heteroatoms. The van der Waals surface area contributed by atoms with E-state index in [4.69, 9.17) is 14.9 Å². The number of anilines is 2. The minimum Gasteiger partial charge on any atom is -0.497 e. The second-order valence-corrected chi connectivity index (χ2v) is 6.92. The summed E-state index contributed by atoms with van der Waals surface area (Å²) in [6.45, 7) is 0. The SMILES string of the molecule is CO/C(=C1/C=C(c2ccnc(Nc3cccc(OC)c3)n2)C=CC1=N)c1ccc(F)cc1. The monoisotopic (exact) mass is 428 g/mol. The summed E-state index contributed by atoms with van der Waals surface area (Å²) in [4.78, 5) is 8.91. The Labute approximate surface area is 185 Å². The zero-order valence-electron chi connectivity index (χ0n) is 17.6. The van der Waals surface area contributed by atoms with Crippen molar-refractivity contribution in [3.63, 3.8) is 0 Å². The predicted octanol–water partition coefficient (Wildman–Crippen LogP) is 5.40. The molecule has 3 aromatic rings. The molecule has 0 saturated heterocycles. The molecule has 1 aromatic heterocycles. The van der Waals surface area contributed by atoms with Gasteiger partial charge in [0.15, 0.2) is 0 Å². The summed E-state index contributed by atoms with van der Waals surface area (Å²) in [5.74, 6) is 1.31. The molecular weight excluding hydrogens is 407 g/mol. The quantitative estimate of drug-likeness (QED) is 0.514. The number of allylic oxidation sites excluding steroid dienone is 5. The maximum atomic E-state index is 13.3. The van der Waals surface area contributed by atoms with Crippen molar-refractivity contribution < 1.29 is 13.9 Å². The molecule has 0 radical (unpaired) electrons. The Morgan fingerprint density at radius 2 is 1.84 bits per heavy atom. The van der Waals surface area contributed by atoms with E-state index in [0.717, 1.165) is 17.0 Å². The minimum atomic E-state index is -0.332. The lowest BCUT2D eigenvalue weighted by Gasteiger charge is -2.16. The molecule has 2 aromatic carbocycles. The Morgan fingerprint density at radius 1 is 1.03 bits per heavy atom. The average molecular weight is 428 g/mol. The highest BCUT2D eigenvalue weighted by molar-refractivity contribution is 6.16. The van der Waals surface area contributed by atoms with Crippen molar-refractivity contribution in [1.29, 1.82) is 5.41 Å². The van der Waals surface area contributed by atoms with Crippen LogP contribution in [0.3, 0.4) is 0 Å². The Hall–Kier alpha value is -4.26. The summed E-state index contributed by atoms with van der Waals surface area (Å²) in [6, 6.07) is 15.3. The predicted molar refractivity (Wildman–Crippen MR) is 123 cm³/mol. The van der Waals surface area contributed by atoms with E-state index in [-0.39, 0.29) is 5.82 Å². The molecule has 1 aliphatic rings. The van der Waals surface area contributed by atoms with Gasteiger partial charge < -0.3 is 20.2 Å². The number of hydrogen-bond donors (Lipinski definition) is 2. The van der Waals surface area contributed by atoms with E-state index in [1.165, 1.54) is 19.2 Å². The first-order valence-electron chi connectivity index (χ1n) is 9.85. The van der Waals surface area contributed by atoms with Gasteiger partial charge in [0.2, 0.25) is 5.95 Å². The summed E-state index contributed by atoms with van der Waals surface area (Å²) in [7, 11) is 3.15. The van der Waals surface area contributed by atoms with Gasteiger partial charge >= 0.3 is 0 Å². The van der Waals surface area contributed by atoms with E-state index in [1.807, 2.05) is 36.4 Å². The van der Waals surface area contributed by atoms with E-state index < -0.39 is 0 Å². The molecule has 6 nitrogen and oxygen atoms in total. The molecule has 32 heavy (non-hydrogen) atoms. The fraction of sp³-hybridized carbons (Fsp3) is 0.0800. The van der Waals surface area contributed by atoms with Crippen LogP contribution in [0, 0.1) is 11.2 Å². The molecule has 0 bridgehead atoms. The first-order chi connectivity index (χ1) is 15.6. The van der Waals surface area contributed by atoms with E-state index in [0.29, 0.717) is 34.2 Å². The number of methoxy groups -OCH3 is 2. The molecule has 0 aliphatic heterocycles. The van der Waals surface area contributed by atoms with Gasteiger partial charge in [-0.1, -0.05) is 12.1 Å². The number of nitrogens with zero attached hydrogens (tertiary/aromatic N) is 2. The second-order valence-electron chi connectivity index (χ2n) is 6.92. The lowest BCUT2D eigenvalue weighted by Crippen LogP contribution is -2.07. The second kappa shape index (κ2) is 9.26. The van der Waals surface area contributed by atoms with Crippen molar-refractivity contribution in [2.75, 3.05) is 19.5 Å². The van der Waals surface area contributed by atoms with E-state index in [2.05, 4.69) is 15.3 Å². The van der Waals surface area contributed by atoms with Gasteiger partial charge in [-0.3, -0.25) is 0 Å². The Bertz CT molecular complexity index is 1250. The topological polar surface area (TPSA) is 80.1 Å². The van der Waals surface area contributed by atoms with Crippen LogP contribution in [0.25, 0.3) is 11.3 Å². The molecule has 2 N–H and O–H groups in total. The Morgan fingerprint density at radius 3 is 2.59 bits per heavy atom. The number of ether oxygens (including phenoxy) is 2. The largest absolute Gasteiger partial charge is 0.497 e. The van der Waals surface area contributed by atoms with Gasteiger partial charge in [0, 0.05) is 34.7 Å². The average Bonchev–Trinajstić information content (AvgIpc) is 2.82. The van der Waals surface area contributed by atoms with Crippen LogP contribution in [0.4, 0.5) is 16.0 Å². The number of rotatable bonds is 6. The molecular formula is C25H21FN4O2. The highest BCUT2D eigenvalue weighted by atomic mass is 19.1. The molecule has 0 saturated carbocycles. The van der Waals surface area contributed by atoms with Crippen LogP contribution in [-0.2, 0) is 4.74 Å². The van der Waals surface area contributed by atoms with Crippen molar-refractivity contribution in [1.82, 2.24) is 9.97 Å². The van der Waals surface area contributed by atoms with Crippen molar-refractivity contribution in [2.45, 2.75) is 0 Å².